The van der Waals surface area contributed by atoms with Gasteiger partial charge in [-0.1, -0.05) is 18.2 Å². The summed E-state index contributed by atoms with van der Waals surface area (Å²) in [7, 11) is 1.95. The Labute approximate surface area is 161 Å². The number of aromatic nitrogens is 2. The predicted molar refractivity (Wildman–Crippen MR) is 107 cm³/mol. The number of aryl methyl sites for hydroxylation is 1. The van der Waals surface area contributed by atoms with Crippen LogP contribution in [0.5, 0.6) is 5.75 Å². The summed E-state index contributed by atoms with van der Waals surface area (Å²) in [5, 5.41) is 11.3. The first kappa shape index (κ1) is 17.9. The fraction of sp³-hybridized carbons (Fsp3) is 0.524. The van der Waals surface area contributed by atoms with Gasteiger partial charge in [-0.15, -0.1) is 0 Å². The highest BCUT2D eigenvalue weighted by atomic mass is 16.5. The summed E-state index contributed by atoms with van der Waals surface area (Å²) in [4.78, 5) is 4.79. The summed E-state index contributed by atoms with van der Waals surface area (Å²) in [5.74, 6) is 1.86. The van der Waals surface area contributed by atoms with Crippen molar-refractivity contribution in [1.29, 1.82) is 0 Å². The predicted octanol–water partition coefficient (Wildman–Crippen LogP) is 3.31. The molecule has 0 bridgehead atoms. The van der Waals surface area contributed by atoms with Gasteiger partial charge in [0, 0.05) is 31.8 Å². The fourth-order valence-corrected chi connectivity index (χ4v) is 4.27. The number of rotatable bonds is 4. The smallest absolute Gasteiger partial charge is 0.192 e. The molecule has 6 nitrogen and oxygen atoms in total. The number of benzene rings is 1. The van der Waals surface area contributed by atoms with Crippen molar-refractivity contribution in [2.75, 3.05) is 6.54 Å². The Morgan fingerprint density at radius 1 is 1.30 bits per heavy atom. The third-order valence-electron chi connectivity index (χ3n) is 5.69. The van der Waals surface area contributed by atoms with Gasteiger partial charge in [-0.25, -0.2) is 4.99 Å². The number of guanidine groups is 1. The standard InChI is InChI=1S/C21H29N5O/c1-3-22-20(23-15-16-10-13-24-26(16)2)25-18-14-21(11-6-7-12-21)27-19-9-5-4-8-17(18)19/h4-5,8-10,13,18H,3,6-7,11-12,14-15H2,1-2H3,(H2,22,23,25). The largest absolute Gasteiger partial charge is 0.487 e. The van der Waals surface area contributed by atoms with Crippen molar-refractivity contribution in [1.82, 2.24) is 20.4 Å². The molecule has 0 radical (unpaired) electrons. The Hall–Kier alpha value is -2.50. The van der Waals surface area contributed by atoms with E-state index in [1.165, 1.54) is 18.4 Å². The highest BCUT2D eigenvalue weighted by Crippen LogP contribution is 2.46. The third-order valence-corrected chi connectivity index (χ3v) is 5.69. The molecule has 1 unspecified atom stereocenters. The molecule has 0 amide bonds. The second-order valence-electron chi connectivity index (χ2n) is 7.57. The number of hydrogen-bond acceptors (Lipinski definition) is 3. The van der Waals surface area contributed by atoms with Gasteiger partial charge in [-0.3, -0.25) is 4.68 Å². The average Bonchev–Trinajstić information content (AvgIpc) is 3.29. The molecule has 2 N–H and O–H groups in total. The number of para-hydroxylation sites is 1. The lowest BCUT2D eigenvalue weighted by molar-refractivity contribution is 0.0396. The van der Waals surface area contributed by atoms with Gasteiger partial charge in [-0.05, 0) is 44.7 Å². The number of aliphatic imine (C=N–C) groups is 1. The van der Waals surface area contributed by atoms with Crippen LogP contribution in [0.2, 0.25) is 0 Å². The molecule has 144 valence electrons. The van der Waals surface area contributed by atoms with Crippen molar-refractivity contribution in [3.05, 3.63) is 47.8 Å². The summed E-state index contributed by atoms with van der Waals surface area (Å²) >= 11 is 0. The number of nitrogens with zero attached hydrogens (tertiary/aromatic N) is 3. The van der Waals surface area contributed by atoms with Crippen LogP contribution in [0.25, 0.3) is 0 Å². The van der Waals surface area contributed by atoms with Crippen LogP contribution >= 0.6 is 0 Å². The molecule has 2 aliphatic rings. The van der Waals surface area contributed by atoms with Gasteiger partial charge in [0.05, 0.1) is 18.3 Å². The minimum absolute atomic E-state index is 0.0224. The Morgan fingerprint density at radius 2 is 2.11 bits per heavy atom. The summed E-state index contributed by atoms with van der Waals surface area (Å²) in [6, 6.07) is 10.6. The summed E-state index contributed by atoms with van der Waals surface area (Å²) in [6.45, 7) is 3.52. The Morgan fingerprint density at radius 3 is 2.85 bits per heavy atom. The van der Waals surface area contributed by atoms with E-state index < -0.39 is 0 Å². The van der Waals surface area contributed by atoms with Gasteiger partial charge < -0.3 is 15.4 Å². The summed E-state index contributed by atoms with van der Waals surface area (Å²) < 4.78 is 8.34. The third kappa shape index (κ3) is 3.80. The SMILES string of the molecule is CCNC(=NCc1ccnn1C)NC1CC2(CCCC2)Oc2ccccc21. The second kappa shape index (κ2) is 7.62. The van der Waals surface area contributed by atoms with E-state index in [1.54, 1.807) is 0 Å². The molecule has 2 heterocycles. The highest BCUT2D eigenvalue weighted by molar-refractivity contribution is 5.80. The van der Waals surface area contributed by atoms with Crippen LogP contribution in [0, 0.1) is 0 Å². The molecule has 27 heavy (non-hydrogen) atoms. The first-order chi connectivity index (χ1) is 13.2. The normalized spacial score (nSPS) is 21.0. The van der Waals surface area contributed by atoms with E-state index in [-0.39, 0.29) is 11.6 Å². The minimum atomic E-state index is -0.0224. The quantitative estimate of drug-likeness (QED) is 0.643. The first-order valence-electron chi connectivity index (χ1n) is 9.99. The van der Waals surface area contributed by atoms with Crippen molar-refractivity contribution in [2.24, 2.45) is 12.0 Å². The summed E-state index contributed by atoms with van der Waals surface area (Å²) in [6.07, 6.45) is 7.58. The van der Waals surface area contributed by atoms with Gasteiger partial charge in [0.1, 0.15) is 11.4 Å². The molecule has 1 spiro atoms. The van der Waals surface area contributed by atoms with Crippen molar-refractivity contribution in [3.63, 3.8) is 0 Å². The molecule has 1 aliphatic heterocycles. The molecule has 1 aliphatic carbocycles. The van der Waals surface area contributed by atoms with E-state index in [0.29, 0.717) is 6.54 Å². The monoisotopic (exact) mass is 367 g/mol. The van der Waals surface area contributed by atoms with Crippen molar-refractivity contribution in [2.45, 2.75) is 57.2 Å². The zero-order valence-electron chi connectivity index (χ0n) is 16.2. The lowest BCUT2D eigenvalue weighted by Gasteiger charge is -2.40. The van der Waals surface area contributed by atoms with E-state index in [4.69, 9.17) is 9.73 Å². The number of ether oxygens (including phenoxy) is 1. The van der Waals surface area contributed by atoms with Gasteiger partial charge in [0.2, 0.25) is 0 Å². The Kier molecular flexibility index (Phi) is 5.05. The molecule has 1 saturated carbocycles. The fourth-order valence-electron chi connectivity index (χ4n) is 4.27. The molecule has 1 atom stereocenters. The van der Waals surface area contributed by atoms with Crippen molar-refractivity contribution < 1.29 is 4.74 Å². The lowest BCUT2D eigenvalue weighted by atomic mass is 9.86. The van der Waals surface area contributed by atoms with Crippen LogP contribution in [0.1, 0.15) is 56.3 Å². The maximum absolute atomic E-state index is 6.47. The second-order valence-corrected chi connectivity index (χ2v) is 7.57. The molecule has 1 aromatic carbocycles. The molecule has 6 heteroatoms. The molecular weight excluding hydrogens is 338 g/mol. The van der Waals surface area contributed by atoms with Gasteiger partial charge in [0.15, 0.2) is 5.96 Å². The van der Waals surface area contributed by atoms with Crippen molar-refractivity contribution in [3.8, 4) is 5.75 Å². The zero-order chi connectivity index (χ0) is 18.7. The molecule has 1 fully saturated rings. The Bertz CT molecular complexity index is 806. The van der Waals surface area contributed by atoms with Crippen LogP contribution < -0.4 is 15.4 Å². The van der Waals surface area contributed by atoms with Gasteiger partial charge in [-0.2, -0.15) is 5.10 Å². The molecule has 4 rings (SSSR count). The zero-order valence-corrected chi connectivity index (χ0v) is 16.2. The maximum Gasteiger partial charge on any atom is 0.192 e. The van der Waals surface area contributed by atoms with E-state index in [1.807, 2.05) is 24.0 Å². The summed E-state index contributed by atoms with van der Waals surface area (Å²) in [5.41, 5.74) is 2.29. The molecule has 1 aromatic heterocycles. The minimum Gasteiger partial charge on any atom is -0.487 e. The highest BCUT2D eigenvalue weighted by Gasteiger charge is 2.43. The van der Waals surface area contributed by atoms with Crippen LogP contribution in [-0.4, -0.2) is 27.9 Å². The van der Waals surface area contributed by atoms with Gasteiger partial charge in [0.25, 0.3) is 0 Å². The lowest BCUT2D eigenvalue weighted by Crippen LogP contribution is -2.46. The maximum atomic E-state index is 6.47. The number of hydrogen-bond donors (Lipinski definition) is 2. The Balaban J connectivity index is 1.57. The van der Waals surface area contributed by atoms with E-state index >= 15 is 0 Å². The molecule has 0 saturated heterocycles. The molecular formula is C21H29N5O. The number of nitrogens with one attached hydrogen (secondary N) is 2. The van der Waals surface area contributed by atoms with Crippen LogP contribution in [0.4, 0.5) is 0 Å². The van der Waals surface area contributed by atoms with E-state index in [9.17, 15) is 0 Å². The van der Waals surface area contributed by atoms with E-state index in [2.05, 4.69) is 46.9 Å². The van der Waals surface area contributed by atoms with Gasteiger partial charge >= 0.3 is 0 Å². The van der Waals surface area contributed by atoms with Crippen LogP contribution in [-0.2, 0) is 13.6 Å². The number of fused-ring (bicyclic) bond motifs is 1. The van der Waals surface area contributed by atoms with Crippen LogP contribution in [0.3, 0.4) is 0 Å². The van der Waals surface area contributed by atoms with Crippen molar-refractivity contribution >= 4 is 5.96 Å². The topological polar surface area (TPSA) is 63.5 Å². The first-order valence-corrected chi connectivity index (χ1v) is 9.99. The van der Waals surface area contributed by atoms with E-state index in [0.717, 1.165) is 43.2 Å². The average molecular weight is 367 g/mol. The van der Waals surface area contributed by atoms with Crippen LogP contribution in [0.15, 0.2) is 41.5 Å². The molecule has 2 aromatic rings.